The van der Waals surface area contributed by atoms with Gasteiger partial charge in [-0.25, -0.2) is 19.2 Å². The van der Waals surface area contributed by atoms with Crippen molar-refractivity contribution in [1.29, 1.82) is 0 Å². The summed E-state index contributed by atoms with van der Waals surface area (Å²) in [7, 11) is 1.52. The first kappa shape index (κ1) is 25.6. The van der Waals surface area contributed by atoms with E-state index in [2.05, 4.69) is 36.2 Å². The lowest BCUT2D eigenvalue weighted by atomic mass is 10.2. The molecule has 2 aromatic heterocycles. The third kappa shape index (κ3) is 7.00. The van der Waals surface area contributed by atoms with Crippen LogP contribution >= 0.6 is 11.6 Å². The molecule has 184 valence electrons. The molecule has 0 fully saturated rings. The molecular formula is C23H25ClFN7O3. The molecule has 0 aliphatic heterocycles. The van der Waals surface area contributed by atoms with Crippen molar-refractivity contribution in [2.24, 2.45) is 0 Å². The number of hydrogen-bond acceptors (Lipinski definition) is 7. The fraction of sp³-hybridized carbons (Fsp3) is 0.261. The van der Waals surface area contributed by atoms with Crippen molar-refractivity contribution in [3.63, 3.8) is 0 Å². The van der Waals surface area contributed by atoms with E-state index in [0.29, 0.717) is 42.6 Å². The predicted octanol–water partition coefficient (Wildman–Crippen LogP) is 3.52. The van der Waals surface area contributed by atoms with E-state index in [-0.39, 0.29) is 34.7 Å². The summed E-state index contributed by atoms with van der Waals surface area (Å²) in [5.74, 6) is -0.235. The molecule has 1 aromatic carbocycles. The minimum Gasteiger partial charge on any atom is -0.488 e. The van der Waals surface area contributed by atoms with E-state index in [1.54, 1.807) is 13.0 Å². The second-order valence-corrected chi connectivity index (χ2v) is 7.56. The second kappa shape index (κ2) is 12.5. The quantitative estimate of drug-likeness (QED) is 0.313. The molecule has 10 nitrogen and oxygen atoms in total. The minimum atomic E-state index is -0.528. The van der Waals surface area contributed by atoms with Crippen LogP contribution < -0.4 is 26.0 Å². The van der Waals surface area contributed by atoms with Crippen LogP contribution in [0.5, 0.6) is 5.75 Å². The Hall–Kier alpha value is -3.99. The molecule has 0 saturated heterocycles. The molecule has 12 heteroatoms. The van der Waals surface area contributed by atoms with Crippen LogP contribution in [-0.2, 0) is 0 Å². The van der Waals surface area contributed by atoms with E-state index < -0.39 is 5.82 Å². The zero-order valence-electron chi connectivity index (χ0n) is 19.2. The number of halogens is 2. The normalized spacial score (nSPS) is 10.4. The Balaban J connectivity index is 1.81. The van der Waals surface area contributed by atoms with E-state index >= 15 is 0 Å². The Bertz CT molecular complexity index is 1200. The number of hydrogen-bond donors (Lipinski definition) is 4. The van der Waals surface area contributed by atoms with Gasteiger partial charge >= 0.3 is 6.03 Å². The number of benzene rings is 1. The van der Waals surface area contributed by atoms with Crippen molar-refractivity contribution >= 4 is 35.0 Å². The molecule has 0 saturated carbocycles. The number of ether oxygens (including phenoxy) is 1. The Labute approximate surface area is 206 Å². The third-order valence-electron chi connectivity index (χ3n) is 4.69. The average molecular weight is 502 g/mol. The van der Waals surface area contributed by atoms with Gasteiger partial charge in [0.25, 0.3) is 5.91 Å². The van der Waals surface area contributed by atoms with Gasteiger partial charge in [-0.05, 0) is 37.6 Å². The molecule has 0 radical (unpaired) electrons. The molecule has 0 bridgehead atoms. The zero-order chi connectivity index (χ0) is 25.2. The van der Waals surface area contributed by atoms with Gasteiger partial charge in [0.1, 0.15) is 5.82 Å². The number of nitrogens with zero attached hydrogens (tertiary/aromatic N) is 3. The van der Waals surface area contributed by atoms with E-state index in [0.717, 1.165) is 0 Å². The first-order chi connectivity index (χ1) is 16.9. The number of aromatic nitrogens is 3. The number of carbonyl (C=O) groups is 2. The van der Waals surface area contributed by atoms with Gasteiger partial charge < -0.3 is 26.0 Å². The fourth-order valence-corrected chi connectivity index (χ4v) is 3.18. The monoisotopic (exact) mass is 501 g/mol. The van der Waals surface area contributed by atoms with Crippen LogP contribution in [0.3, 0.4) is 0 Å². The van der Waals surface area contributed by atoms with Gasteiger partial charge in [-0.15, -0.1) is 0 Å². The number of anilines is 2. The van der Waals surface area contributed by atoms with E-state index in [9.17, 15) is 14.0 Å². The molecule has 2 heterocycles. The molecule has 3 aromatic rings. The zero-order valence-corrected chi connectivity index (χ0v) is 19.9. The first-order valence-corrected chi connectivity index (χ1v) is 11.2. The van der Waals surface area contributed by atoms with Gasteiger partial charge in [0.2, 0.25) is 0 Å². The summed E-state index contributed by atoms with van der Waals surface area (Å²) in [5.41, 5.74) is 0.808. The van der Waals surface area contributed by atoms with Crippen molar-refractivity contribution in [2.45, 2.75) is 13.3 Å². The molecule has 0 aliphatic carbocycles. The van der Waals surface area contributed by atoms with Crippen LogP contribution in [-0.4, -0.2) is 53.6 Å². The number of nitrogens with one attached hydrogen (secondary N) is 4. The maximum Gasteiger partial charge on any atom is 0.314 e. The topological polar surface area (TPSA) is 130 Å². The Morgan fingerprint density at radius 1 is 1.14 bits per heavy atom. The van der Waals surface area contributed by atoms with Crippen molar-refractivity contribution in [2.75, 3.05) is 32.1 Å². The highest BCUT2D eigenvalue weighted by Crippen LogP contribution is 2.31. The summed E-state index contributed by atoms with van der Waals surface area (Å²) in [6.07, 6.45) is 4.90. The maximum absolute atomic E-state index is 14.4. The SMILES string of the molecule is CCOc1cnc(-c2cc(Cl)ccc2F)nc1Nc1ccncc1C(=O)NCCCNC(=O)NC. The van der Waals surface area contributed by atoms with Crippen LogP contribution in [0.25, 0.3) is 11.4 Å². The van der Waals surface area contributed by atoms with Crippen LogP contribution in [0.2, 0.25) is 5.02 Å². The van der Waals surface area contributed by atoms with Crippen molar-refractivity contribution in [1.82, 2.24) is 30.9 Å². The number of amides is 3. The number of pyridine rings is 1. The molecule has 35 heavy (non-hydrogen) atoms. The lowest BCUT2D eigenvalue weighted by molar-refractivity contribution is 0.0954. The van der Waals surface area contributed by atoms with Gasteiger partial charge in [-0.2, -0.15) is 0 Å². The Kier molecular flexibility index (Phi) is 9.13. The molecule has 0 aliphatic rings. The van der Waals surface area contributed by atoms with Crippen molar-refractivity contribution in [3.8, 4) is 17.1 Å². The van der Waals surface area contributed by atoms with Gasteiger partial charge in [0, 0.05) is 37.6 Å². The summed E-state index contributed by atoms with van der Waals surface area (Å²) in [5, 5.41) is 11.3. The van der Waals surface area contributed by atoms with Crippen molar-refractivity contribution < 1.29 is 18.7 Å². The maximum atomic E-state index is 14.4. The number of carbonyl (C=O) groups excluding carboxylic acids is 2. The Morgan fingerprint density at radius 3 is 2.71 bits per heavy atom. The lowest BCUT2D eigenvalue weighted by Gasteiger charge is -2.15. The number of rotatable bonds is 10. The number of urea groups is 1. The van der Waals surface area contributed by atoms with E-state index in [1.807, 2.05) is 0 Å². The van der Waals surface area contributed by atoms with Gasteiger partial charge in [0.05, 0.1) is 29.6 Å². The second-order valence-electron chi connectivity index (χ2n) is 7.13. The minimum absolute atomic E-state index is 0.0969. The molecule has 0 spiro atoms. The smallest absolute Gasteiger partial charge is 0.314 e. The predicted molar refractivity (Wildman–Crippen MR) is 131 cm³/mol. The highest BCUT2D eigenvalue weighted by molar-refractivity contribution is 6.30. The van der Waals surface area contributed by atoms with Gasteiger partial charge in [-0.1, -0.05) is 11.6 Å². The highest BCUT2D eigenvalue weighted by Gasteiger charge is 2.17. The van der Waals surface area contributed by atoms with Crippen LogP contribution in [0.1, 0.15) is 23.7 Å². The van der Waals surface area contributed by atoms with Crippen LogP contribution in [0, 0.1) is 5.82 Å². The summed E-state index contributed by atoms with van der Waals surface area (Å²) in [4.78, 5) is 36.6. The molecule has 4 N–H and O–H groups in total. The summed E-state index contributed by atoms with van der Waals surface area (Å²) >= 11 is 6.02. The van der Waals surface area contributed by atoms with Gasteiger partial charge in [-0.3, -0.25) is 9.78 Å². The first-order valence-electron chi connectivity index (χ1n) is 10.8. The molecular weight excluding hydrogens is 477 g/mol. The third-order valence-corrected chi connectivity index (χ3v) is 4.93. The Morgan fingerprint density at radius 2 is 1.94 bits per heavy atom. The molecule has 3 rings (SSSR count). The average Bonchev–Trinajstić information content (AvgIpc) is 2.86. The van der Waals surface area contributed by atoms with Crippen molar-refractivity contribution in [3.05, 3.63) is 59.3 Å². The van der Waals surface area contributed by atoms with E-state index in [1.165, 1.54) is 43.8 Å². The highest BCUT2D eigenvalue weighted by atomic mass is 35.5. The fourth-order valence-electron chi connectivity index (χ4n) is 3.01. The van der Waals surface area contributed by atoms with E-state index in [4.69, 9.17) is 16.3 Å². The molecule has 0 atom stereocenters. The van der Waals surface area contributed by atoms with Gasteiger partial charge in [0.15, 0.2) is 17.4 Å². The standard InChI is InChI=1S/C23H25ClFN7O3/c1-3-35-19-13-30-20(15-11-14(24)5-6-17(15)25)32-21(19)31-18-7-10-27-12-16(18)22(33)28-8-4-9-29-23(34)26-2/h5-7,10-13H,3-4,8-9H2,1-2H3,(H,28,33)(H2,26,29,34)(H,27,30,31,32). The molecule has 3 amide bonds. The van der Waals surface area contributed by atoms with Crippen LogP contribution in [0.15, 0.2) is 42.9 Å². The summed E-state index contributed by atoms with van der Waals surface area (Å²) in [6.45, 7) is 2.89. The molecule has 0 unspecified atom stereocenters. The lowest BCUT2D eigenvalue weighted by Crippen LogP contribution is -2.35. The summed E-state index contributed by atoms with van der Waals surface area (Å²) in [6, 6.07) is 5.42. The van der Waals surface area contributed by atoms with Crippen LogP contribution in [0.4, 0.5) is 20.7 Å². The largest absolute Gasteiger partial charge is 0.488 e. The summed E-state index contributed by atoms with van der Waals surface area (Å²) < 4.78 is 20.0.